The molecule has 152 valence electrons. The molecule has 0 bridgehead atoms. The van der Waals surface area contributed by atoms with E-state index in [2.05, 4.69) is 10.6 Å². The van der Waals surface area contributed by atoms with Crippen molar-refractivity contribution in [3.63, 3.8) is 0 Å². The van der Waals surface area contributed by atoms with E-state index in [4.69, 9.17) is 0 Å². The van der Waals surface area contributed by atoms with Gasteiger partial charge >= 0.3 is 0 Å². The summed E-state index contributed by atoms with van der Waals surface area (Å²) < 4.78 is 15.8. The van der Waals surface area contributed by atoms with Crippen LogP contribution in [-0.4, -0.2) is 34.8 Å². The minimum atomic E-state index is -0.469. The lowest BCUT2D eigenvalue weighted by molar-refractivity contribution is -0.124. The third kappa shape index (κ3) is 3.09. The summed E-state index contributed by atoms with van der Waals surface area (Å²) in [7, 11) is 0. The van der Waals surface area contributed by atoms with E-state index in [9.17, 15) is 19.1 Å². The van der Waals surface area contributed by atoms with Crippen LogP contribution >= 0.6 is 0 Å². The number of aromatic nitrogens is 1. The average molecular weight is 397 g/mol. The second-order valence-corrected chi connectivity index (χ2v) is 8.39. The summed E-state index contributed by atoms with van der Waals surface area (Å²) in [6, 6.07) is 9.09. The summed E-state index contributed by atoms with van der Waals surface area (Å²) in [5.41, 5.74) is 1.16. The molecule has 1 amide bonds. The number of carbonyl (C=O) groups excluding carboxylic acids is 1. The summed E-state index contributed by atoms with van der Waals surface area (Å²) in [4.78, 5) is 25.7. The van der Waals surface area contributed by atoms with Crippen molar-refractivity contribution in [1.29, 1.82) is 0 Å². The predicted octanol–water partition coefficient (Wildman–Crippen LogP) is 1.43. The monoisotopic (exact) mass is 397 g/mol. The number of rotatable bonds is 5. The number of fused-ring (bicyclic) bond motifs is 3. The molecule has 1 aliphatic carbocycles. The van der Waals surface area contributed by atoms with Crippen molar-refractivity contribution in [2.24, 2.45) is 17.8 Å². The van der Waals surface area contributed by atoms with Gasteiger partial charge in [-0.05, 0) is 37.0 Å². The molecule has 2 aromatic rings. The van der Waals surface area contributed by atoms with Crippen molar-refractivity contribution in [3.8, 4) is 11.1 Å². The summed E-state index contributed by atoms with van der Waals surface area (Å²) in [6.07, 6.45) is 2.32. The van der Waals surface area contributed by atoms with E-state index in [1.807, 2.05) is 6.07 Å². The van der Waals surface area contributed by atoms with Gasteiger partial charge in [0.1, 0.15) is 5.82 Å². The van der Waals surface area contributed by atoms with Crippen LogP contribution in [0.3, 0.4) is 0 Å². The number of carbonyl (C=O) groups is 1. The zero-order valence-corrected chi connectivity index (χ0v) is 16.0. The van der Waals surface area contributed by atoms with Gasteiger partial charge in [-0.1, -0.05) is 18.2 Å². The molecule has 7 heteroatoms. The van der Waals surface area contributed by atoms with Crippen molar-refractivity contribution in [2.45, 2.75) is 31.5 Å². The van der Waals surface area contributed by atoms with Crippen molar-refractivity contribution in [2.75, 3.05) is 13.2 Å². The first-order valence-electron chi connectivity index (χ1n) is 10.2. The average Bonchev–Trinajstić information content (AvgIpc) is 3.38. The molecule has 1 aromatic carbocycles. The van der Waals surface area contributed by atoms with Gasteiger partial charge in [-0.15, -0.1) is 0 Å². The molecule has 0 unspecified atom stereocenters. The minimum absolute atomic E-state index is 0.0553. The summed E-state index contributed by atoms with van der Waals surface area (Å²) in [5.74, 6) is -0.247. The van der Waals surface area contributed by atoms with Crippen molar-refractivity contribution in [1.82, 2.24) is 15.2 Å². The summed E-state index contributed by atoms with van der Waals surface area (Å²) >= 11 is 0. The SMILES string of the molecule is O=C(NCC1CC1)[C@@H]1N[C@@H]2c3ccc(-c4ccccc4F)c(=O)n3C[C@@H]2[C@H]1CO. The zero-order chi connectivity index (χ0) is 20.1. The highest BCUT2D eigenvalue weighted by Crippen LogP contribution is 2.43. The van der Waals surface area contributed by atoms with E-state index in [-0.39, 0.29) is 41.5 Å². The van der Waals surface area contributed by atoms with Crippen LogP contribution in [0.1, 0.15) is 24.6 Å². The summed E-state index contributed by atoms with van der Waals surface area (Å²) in [5, 5.41) is 16.3. The molecule has 3 N–H and O–H groups in total. The lowest BCUT2D eigenvalue weighted by Gasteiger charge is -2.21. The van der Waals surface area contributed by atoms with Crippen LogP contribution < -0.4 is 16.2 Å². The fraction of sp³-hybridized carbons (Fsp3) is 0.455. The molecule has 1 aromatic heterocycles. The highest BCUT2D eigenvalue weighted by Gasteiger charge is 2.50. The smallest absolute Gasteiger partial charge is 0.258 e. The fourth-order valence-corrected chi connectivity index (χ4v) is 4.82. The molecular formula is C22H24FN3O3. The second kappa shape index (κ2) is 7.07. The number of benzene rings is 1. The molecule has 0 radical (unpaired) electrons. The van der Waals surface area contributed by atoms with Gasteiger partial charge in [0, 0.05) is 42.8 Å². The molecule has 6 nitrogen and oxygen atoms in total. The number of hydrogen-bond acceptors (Lipinski definition) is 4. The highest BCUT2D eigenvalue weighted by molar-refractivity contribution is 5.82. The Morgan fingerprint density at radius 3 is 2.72 bits per heavy atom. The highest BCUT2D eigenvalue weighted by atomic mass is 19.1. The molecule has 2 fully saturated rings. The van der Waals surface area contributed by atoms with Crippen LogP contribution in [0.4, 0.5) is 4.39 Å². The van der Waals surface area contributed by atoms with Crippen molar-refractivity contribution < 1.29 is 14.3 Å². The Labute approximate surface area is 167 Å². The van der Waals surface area contributed by atoms with E-state index >= 15 is 0 Å². The molecule has 0 spiro atoms. The van der Waals surface area contributed by atoms with Crippen LogP contribution in [0.25, 0.3) is 11.1 Å². The molecular weight excluding hydrogens is 373 g/mol. The molecule has 4 atom stereocenters. The fourth-order valence-electron chi connectivity index (χ4n) is 4.82. The maximum atomic E-state index is 14.2. The van der Waals surface area contributed by atoms with E-state index in [1.54, 1.807) is 28.8 Å². The molecule has 3 aliphatic rings. The predicted molar refractivity (Wildman–Crippen MR) is 106 cm³/mol. The third-order valence-corrected chi connectivity index (χ3v) is 6.60. The standard InChI is InChI=1S/C22H24FN3O3/c23-17-4-2-1-3-13(17)14-7-8-18-19-15(10-26(18)22(14)29)16(11-27)20(25-19)21(28)24-9-12-5-6-12/h1-4,7-8,12,15-16,19-20,25,27H,5-6,9-11H2,(H,24,28)/t15-,16-,19+,20-/m1/s1. The third-order valence-electron chi connectivity index (χ3n) is 6.60. The van der Waals surface area contributed by atoms with Gasteiger partial charge in [0.05, 0.1) is 17.6 Å². The van der Waals surface area contributed by atoms with Crippen molar-refractivity contribution >= 4 is 5.91 Å². The lowest BCUT2D eigenvalue weighted by atomic mass is 9.88. The van der Waals surface area contributed by atoms with Gasteiger partial charge in [0.2, 0.25) is 5.91 Å². The second-order valence-electron chi connectivity index (χ2n) is 8.39. The van der Waals surface area contributed by atoms with Gasteiger partial charge in [-0.2, -0.15) is 0 Å². The number of nitrogens with zero attached hydrogens (tertiary/aromatic N) is 1. The molecule has 5 rings (SSSR count). The topological polar surface area (TPSA) is 83.4 Å². The van der Waals surface area contributed by atoms with Crippen LogP contribution in [0.15, 0.2) is 41.2 Å². The van der Waals surface area contributed by atoms with Gasteiger partial charge in [0.15, 0.2) is 0 Å². The first-order chi connectivity index (χ1) is 14.1. The lowest BCUT2D eigenvalue weighted by Crippen LogP contribution is -2.46. The Bertz CT molecular complexity index is 1020. The van der Waals surface area contributed by atoms with Gasteiger partial charge < -0.3 is 15.0 Å². The van der Waals surface area contributed by atoms with Gasteiger partial charge in [0.25, 0.3) is 5.56 Å². The maximum Gasteiger partial charge on any atom is 0.258 e. The number of halogens is 1. The molecule has 1 saturated heterocycles. The quantitative estimate of drug-likeness (QED) is 0.713. The number of amides is 1. The van der Waals surface area contributed by atoms with Crippen LogP contribution in [0.2, 0.25) is 0 Å². The molecule has 3 heterocycles. The molecule has 2 aliphatic heterocycles. The van der Waals surface area contributed by atoms with Gasteiger partial charge in [-0.25, -0.2) is 4.39 Å². The first-order valence-corrected chi connectivity index (χ1v) is 10.2. The summed E-state index contributed by atoms with van der Waals surface area (Å²) in [6.45, 7) is 0.969. The van der Waals surface area contributed by atoms with E-state index < -0.39 is 11.9 Å². The van der Waals surface area contributed by atoms with Crippen LogP contribution in [0.5, 0.6) is 0 Å². The number of nitrogens with one attached hydrogen (secondary N) is 2. The number of pyridine rings is 1. The Balaban J connectivity index is 1.43. The Hall–Kier alpha value is -2.51. The van der Waals surface area contributed by atoms with E-state index in [0.29, 0.717) is 24.6 Å². The van der Waals surface area contributed by atoms with E-state index in [0.717, 1.165) is 18.5 Å². The van der Waals surface area contributed by atoms with Crippen molar-refractivity contribution in [3.05, 3.63) is 58.3 Å². The van der Waals surface area contributed by atoms with E-state index in [1.165, 1.54) is 6.07 Å². The number of aliphatic hydroxyl groups excluding tert-OH is 1. The van der Waals surface area contributed by atoms with Crippen LogP contribution in [0, 0.1) is 23.6 Å². The van der Waals surface area contributed by atoms with Crippen LogP contribution in [-0.2, 0) is 11.3 Å². The number of hydrogen-bond donors (Lipinski definition) is 3. The molecule has 29 heavy (non-hydrogen) atoms. The zero-order valence-electron chi connectivity index (χ0n) is 16.0. The number of aliphatic hydroxyl groups is 1. The normalized spacial score (nSPS) is 27.5. The Morgan fingerprint density at radius 1 is 1.21 bits per heavy atom. The minimum Gasteiger partial charge on any atom is -0.396 e. The Kier molecular flexibility index (Phi) is 4.52. The van der Waals surface area contributed by atoms with Gasteiger partial charge in [-0.3, -0.25) is 14.9 Å². The largest absolute Gasteiger partial charge is 0.396 e. The first kappa shape index (κ1) is 18.5. The maximum absolute atomic E-state index is 14.2. The Morgan fingerprint density at radius 2 is 2.00 bits per heavy atom. The molecule has 1 saturated carbocycles.